The van der Waals surface area contributed by atoms with Gasteiger partial charge in [-0.25, -0.2) is 9.59 Å². The van der Waals surface area contributed by atoms with E-state index in [0.717, 1.165) is 18.7 Å². The number of hydrogen-bond donors (Lipinski definition) is 3. The first kappa shape index (κ1) is 62.7. The number of aliphatic hydroxyl groups is 2. The molecular weight excluding hydrogens is 979 g/mol. The zero-order chi connectivity index (χ0) is 55.7. The minimum atomic E-state index is -2.45. The lowest BCUT2D eigenvalue weighted by atomic mass is 9.78. The van der Waals surface area contributed by atoms with Gasteiger partial charge in [-0.15, -0.1) is 0 Å². The zero-order valence-corrected chi connectivity index (χ0v) is 47.1. The molecule has 428 valence electrons. The summed E-state index contributed by atoms with van der Waals surface area (Å²) in [6.45, 7) is 16.8. The van der Waals surface area contributed by atoms with Gasteiger partial charge in [0.2, 0.25) is 5.79 Å². The largest absolute Gasteiger partial charge is 0.460 e. The topological polar surface area (TPSA) is 226 Å². The maximum atomic E-state index is 14.6. The van der Waals surface area contributed by atoms with Crippen LogP contribution in [0.25, 0.3) is 0 Å². The summed E-state index contributed by atoms with van der Waals surface area (Å²) in [5, 5.41) is 26.4. The molecule has 5 rings (SSSR count). The van der Waals surface area contributed by atoms with E-state index in [0.29, 0.717) is 96.1 Å². The Labute approximate surface area is 451 Å². The molecule has 0 aromatic carbocycles. The second-order valence-corrected chi connectivity index (χ2v) is 22.3. The van der Waals surface area contributed by atoms with Crippen LogP contribution in [0.3, 0.4) is 0 Å². The molecule has 4 aliphatic heterocycles. The summed E-state index contributed by atoms with van der Waals surface area (Å²) in [5.41, 5.74) is 1.24. The number of hydrogen-bond acceptors (Lipinski definition) is 16. The first-order valence-electron chi connectivity index (χ1n) is 27.9. The summed E-state index contributed by atoms with van der Waals surface area (Å²) in [6.07, 6.45) is 10.3. The summed E-state index contributed by atoms with van der Waals surface area (Å²) in [5.74, 6) is -8.29. The molecule has 76 heavy (non-hydrogen) atoms. The van der Waals surface area contributed by atoms with Crippen LogP contribution in [0.2, 0.25) is 0 Å². The molecule has 1 saturated carbocycles. The number of ketones is 3. The number of nitrogens with zero attached hydrogens (tertiary/aromatic N) is 2. The van der Waals surface area contributed by atoms with Crippen LogP contribution in [0, 0.1) is 35.5 Å². The molecule has 2 bridgehead atoms. The van der Waals surface area contributed by atoms with E-state index < -0.39 is 102 Å². The van der Waals surface area contributed by atoms with Gasteiger partial charge in [0.15, 0.2) is 5.78 Å². The average Bonchev–Trinajstić information content (AvgIpc) is 3.40. The highest BCUT2D eigenvalue weighted by Crippen LogP contribution is 2.38. The Hall–Kier alpha value is -4.14. The van der Waals surface area contributed by atoms with Crippen molar-refractivity contribution in [1.82, 2.24) is 15.1 Å². The fourth-order valence-electron chi connectivity index (χ4n) is 11.6. The number of methoxy groups -OCH3 is 3. The van der Waals surface area contributed by atoms with Gasteiger partial charge in [-0.2, -0.15) is 0 Å². The van der Waals surface area contributed by atoms with Gasteiger partial charge in [0.1, 0.15) is 36.2 Å². The molecule has 0 aromatic rings. The molecule has 1 aliphatic carbocycles. The van der Waals surface area contributed by atoms with Crippen molar-refractivity contribution in [3.63, 3.8) is 0 Å². The first-order chi connectivity index (χ1) is 36.2. The standard InChI is InChI=1S/C58H91N3O15/c1-36-16-12-11-13-17-37(2)48(70-8)34-44-21-19-42(7)58(69,76-44)54(65)55(66)61-24-15-14-18-45(61)56(67)74-49(35-46(62)38(3)31-41(6)52(64)53(72-10)51(63)40(5)30-36)39(4)32-43-20-22-47(50(33-43)71-9)75-57(68)59-23-25-60-26-28-73-29-27-60/h11-13,16-17,31,36,38-40,42-45,47-50,52-53,64,69H,14-15,18-30,32-35H2,1-10H3,(H,59,68)/b13-11+,16-12+,37-17+,41-31+/t36-,38-,39-,40-,42-,43+,44+,45+,47-,48+,49+,50-,52-,53+,58-/m1/s1. The van der Waals surface area contributed by atoms with Crippen LogP contribution in [0.15, 0.2) is 47.6 Å². The van der Waals surface area contributed by atoms with Crippen molar-refractivity contribution in [2.24, 2.45) is 35.5 Å². The normalized spacial score (nSPS) is 37.6. The number of piperidine rings is 1. The van der Waals surface area contributed by atoms with E-state index in [-0.39, 0.29) is 42.8 Å². The van der Waals surface area contributed by atoms with E-state index >= 15 is 0 Å². The number of allylic oxidation sites excluding steroid dienone is 6. The Kier molecular flexibility index (Phi) is 25.0. The van der Waals surface area contributed by atoms with E-state index in [1.165, 1.54) is 12.0 Å². The van der Waals surface area contributed by atoms with Crippen molar-refractivity contribution < 1.29 is 72.1 Å². The van der Waals surface area contributed by atoms with Crippen molar-refractivity contribution in [3.05, 3.63) is 47.6 Å². The molecule has 0 aromatic heterocycles. The van der Waals surface area contributed by atoms with Crippen LogP contribution in [-0.4, -0.2) is 177 Å². The predicted molar refractivity (Wildman–Crippen MR) is 285 cm³/mol. The monoisotopic (exact) mass is 1070 g/mol. The maximum Gasteiger partial charge on any atom is 0.407 e. The maximum absolute atomic E-state index is 14.6. The molecule has 15 atom stereocenters. The van der Waals surface area contributed by atoms with Crippen LogP contribution in [-0.2, 0) is 57.1 Å². The highest BCUT2D eigenvalue weighted by atomic mass is 16.6. The van der Waals surface area contributed by atoms with E-state index in [4.69, 9.17) is 33.2 Å². The highest BCUT2D eigenvalue weighted by molar-refractivity contribution is 6.39. The summed E-state index contributed by atoms with van der Waals surface area (Å²) >= 11 is 0. The number of cyclic esters (lactones) is 1. The fraction of sp³-hybridized carbons (Fsp3) is 0.759. The number of carbonyl (C=O) groups excluding carboxylic acids is 6. The summed E-state index contributed by atoms with van der Waals surface area (Å²) in [6, 6.07) is -1.17. The number of morpholine rings is 1. The molecule has 0 unspecified atom stereocenters. The van der Waals surface area contributed by atoms with E-state index in [9.17, 15) is 39.0 Å². The number of esters is 1. The Morgan fingerprint density at radius 2 is 1.59 bits per heavy atom. The number of nitrogens with one attached hydrogen (secondary N) is 1. The smallest absolute Gasteiger partial charge is 0.407 e. The van der Waals surface area contributed by atoms with Gasteiger partial charge >= 0.3 is 12.1 Å². The lowest BCUT2D eigenvalue weighted by molar-refractivity contribution is -0.265. The molecule has 3 saturated heterocycles. The average molecular weight is 1070 g/mol. The first-order valence-corrected chi connectivity index (χ1v) is 27.9. The van der Waals surface area contributed by atoms with Gasteiger partial charge in [-0.05, 0) is 107 Å². The van der Waals surface area contributed by atoms with Crippen LogP contribution in [0.1, 0.15) is 126 Å². The van der Waals surface area contributed by atoms with E-state index in [1.54, 1.807) is 41.1 Å². The molecule has 18 nitrogen and oxygen atoms in total. The molecule has 0 spiro atoms. The number of aliphatic hydroxyl groups excluding tert-OH is 1. The fourth-order valence-corrected chi connectivity index (χ4v) is 11.6. The van der Waals surface area contributed by atoms with Crippen LogP contribution >= 0.6 is 0 Å². The van der Waals surface area contributed by atoms with Crippen LogP contribution in [0.5, 0.6) is 0 Å². The summed E-state index contributed by atoms with van der Waals surface area (Å²) in [7, 11) is 4.53. The van der Waals surface area contributed by atoms with Crippen molar-refractivity contribution in [2.75, 3.05) is 67.3 Å². The van der Waals surface area contributed by atoms with Gasteiger partial charge < -0.3 is 53.6 Å². The van der Waals surface area contributed by atoms with Crippen molar-refractivity contribution in [2.45, 2.75) is 180 Å². The third kappa shape index (κ3) is 17.4. The van der Waals surface area contributed by atoms with Gasteiger partial charge in [0.05, 0.1) is 31.5 Å². The summed E-state index contributed by atoms with van der Waals surface area (Å²) < 4.78 is 41.2. The number of carbonyl (C=O) groups is 6. The minimum absolute atomic E-state index is 0.00409. The van der Waals surface area contributed by atoms with Gasteiger partial charge in [-0.1, -0.05) is 71.1 Å². The Morgan fingerprint density at radius 1 is 0.855 bits per heavy atom. The lowest BCUT2D eigenvalue weighted by Crippen LogP contribution is -2.61. The number of fused-ring (bicyclic) bond motifs is 3. The van der Waals surface area contributed by atoms with E-state index in [2.05, 4.69) is 10.2 Å². The Morgan fingerprint density at radius 3 is 2.29 bits per heavy atom. The molecule has 2 amide bonds. The van der Waals surface area contributed by atoms with Gasteiger partial charge in [0.25, 0.3) is 11.7 Å². The summed E-state index contributed by atoms with van der Waals surface area (Å²) in [4.78, 5) is 87.8. The van der Waals surface area contributed by atoms with Crippen LogP contribution < -0.4 is 5.32 Å². The molecule has 0 radical (unpaired) electrons. The molecule has 4 heterocycles. The molecule has 18 heteroatoms. The van der Waals surface area contributed by atoms with Gasteiger partial charge in [-0.3, -0.25) is 24.1 Å². The molecular formula is C58H91N3O15. The number of alkyl carbamates (subject to hydrolysis) is 1. The zero-order valence-electron chi connectivity index (χ0n) is 47.1. The highest BCUT2D eigenvalue weighted by Gasteiger charge is 2.53. The van der Waals surface area contributed by atoms with Crippen LogP contribution in [0.4, 0.5) is 4.79 Å². The molecule has 3 N–H and O–H groups in total. The Bertz CT molecular complexity index is 2070. The minimum Gasteiger partial charge on any atom is -0.460 e. The Balaban J connectivity index is 1.40. The second-order valence-electron chi connectivity index (χ2n) is 22.3. The van der Waals surface area contributed by atoms with Crippen molar-refractivity contribution >= 4 is 35.3 Å². The third-order valence-corrected chi connectivity index (χ3v) is 16.5. The SMILES string of the molecule is CO[C@H]1C[C@@H]2CC[C@@H](C)[C@@](O)(O2)C(=O)C(=O)N2CCCC[C@H]2C(=O)O[C@H]([C@H](C)C[C@@H]2CC[C@@H](OC(=O)NCCN3CCOCC3)[C@H](OC)C2)CC(=O)[C@H](C)/C=C(\C)[C@@H](O)[C@@H](OC)C(=O)[C@H](C)C[C@H](C)/C=C/C=C/C=C/1C. The quantitative estimate of drug-likeness (QED) is 0.125. The number of rotatable bonds is 10. The van der Waals surface area contributed by atoms with Gasteiger partial charge in [0, 0.05) is 84.6 Å². The second kappa shape index (κ2) is 30.3. The van der Waals surface area contributed by atoms with Crippen molar-refractivity contribution in [1.29, 1.82) is 0 Å². The predicted octanol–water partition coefficient (Wildman–Crippen LogP) is 6.25. The lowest BCUT2D eigenvalue weighted by Gasteiger charge is -2.42. The number of Topliss-reactive ketones (excluding diaryl/α,β-unsaturated/α-hetero) is 3. The van der Waals surface area contributed by atoms with Crippen molar-refractivity contribution in [3.8, 4) is 0 Å². The van der Waals surface area contributed by atoms with E-state index in [1.807, 2.05) is 58.1 Å². The third-order valence-electron chi connectivity index (χ3n) is 16.5. The molecule has 5 aliphatic rings. The number of ether oxygens (including phenoxy) is 7. The number of amides is 2. The molecule has 4 fully saturated rings.